The van der Waals surface area contributed by atoms with E-state index in [-0.39, 0.29) is 31.0 Å². The van der Waals surface area contributed by atoms with Crippen LogP contribution in [0, 0.1) is 0 Å². The highest BCUT2D eigenvalue weighted by atomic mass is 35.5. The van der Waals surface area contributed by atoms with Crippen LogP contribution in [0.25, 0.3) is 11.3 Å². The summed E-state index contributed by atoms with van der Waals surface area (Å²) in [6.07, 6.45) is 2.31. The van der Waals surface area contributed by atoms with Crippen LogP contribution in [0.3, 0.4) is 0 Å². The van der Waals surface area contributed by atoms with Gasteiger partial charge < -0.3 is 25.0 Å². The maximum atomic E-state index is 13.3. The summed E-state index contributed by atoms with van der Waals surface area (Å²) in [4.78, 5) is 38.6. The summed E-state index contributed by atoms with van der Waals surface area (Å²) in [5, 5.41) is 13.7. The predicted molar refractivity (Wildman–Crippen MR) is 142 cm³/mol. The number of nitrogens with one attached hydrogen (secondary N) is 1. The first-order chi connectivity index (χ1) is 18.5. The molecule has 2 atom stereocenters. The summed E-state index contributed by atoms with van der Waals surface area (Å²) in [6, 6.07) is 13.5. The first kappa shape index (κ1) is 24.8. The fraction of sp³-hybridized carbons (Fsp3) is 0.357. The Hall–Kier alpha value is -3.53. The SMILES string of the molecule is O=C(CN1Cc2ccc(-c3nc(N[C@H]4CCOC[C@H]4O)ncc3Cl)cc2C1=O)N1CCc2ccccc2C1. The van der Waals surface area contributed by atoms with Gasteiger partial charge in [-0.15, -0.1) is 0 Å². The van der Waals surface area contributed by atoms with Crippen LogP contribution in [0.15, 0.2) is 48.7 Å². The molecule has 3 aliphatic heterocycles. The van der Waals surface area contributed by atoms with E-state index in [0.29, 0.717) is 60.5 Å². The molecule has 2 N–H and O–H groups in total. The van der Waals surface area contributed by atoms with Crippen molar-refractivity contribution in [2.24, 2.45) is 0 Å². The van der Waals surface area contributed by atoms with E-state index in [0.717, 1.165) is 17.5 Å². The quantitative estimate of drug-likeness (QED) is 0.519. The smallest absolute Gasteiger partial charge is 0.254 e. The zero-order chi connectivity index (χ0) is 26.2. The number of halogens is 1. The number of anilines is 1. The lowest BCUT2D eigenvalue weighted by Gasteiger charge is -2.30. The van der Waals surface area contributed by atoms with Crippen molar-refractivity contribution in [3.63, 3.8) is 0 Å². The lowest BCUT2D eigenvalue weighted by Crippen LogP contribution is -2.42. The van der Waals surface area contributed by atoms with E-state index in [1.807, 2.05) is 29.2 Å². The van der Waals surface area contributed by atoms with Gasteiger partial charge in [0.25, 0.3) is 5.91 Å². The highest BCUT2D eigenvalue weighted by molar-refractivity contribution is 6.33. The summed E-state index contributed by atoms with van der Waals surface area (Å²) >= 11 is 6.44. The number of nitrogens with zero attached hydrogens (tertiary/aromatic N) is 4. The van der Waals surface area contributed by atoms with Crippen LogP contribution < -0.4 is 5.32 Å². The van der Waals surface area contributed by atoms with E-state index >= 15 is 0 Å². The molecule has 1 saturated heterocycles. The summed E-state index contributed by atoms with van der Waals surface area (Å²) in [6.45, 7) is 2.46. The minimum absolute atomic E-state index is 0.0424. The molecule has 3 aromatic rings. The molecule has 1 fully saturated rings. The van der Waals surface area contributed by atoms with Gasteiger partial charge >= 0.3 is 0 Å². The Kier molecular flexibility index (Phi) is 6.73. The highest BCUT2D eigenvalue weighted by Gasteiger charge is 2.32. The fourth-order valence-electron chi connectivity index (χ4n) is 5.30. The number of rotatable bonds is 5. The lowest BCUT2D eigenvalue weighted by molar-refractivity contribution is -0.132. The number of ether oxygens (including phenoxy) is 1. The first-order valence-corrected chi connectivity index (χ1v) is 13.2. The largest absolute Gasteiger partial charge is 0.389 e. The van der Waals surface area contributed by atoms with Gasteiger partial charge in [0.05, 0.1) is 35.7 Å². The molecular weight excluding hydrogens is 506 g/mol. The third kappa shape index (κ3) is 4.84. The molecule has 1 aromatic heterocycles. The zero-order valence-electron chi connectivity index (χ0n) is 20.8. The summed E-state index contributed by atoms with van der Waals surface area (Å²) in [7, 11) is 0. The van der Waals surface area contributed by atoms with Crippen molar-refractivity contribution in [3.8, 4) is 11.3 Å². The van der Waals surface area contributed by atoms with E-state index in [1.54, 1.807) is 11.0 Å². The van der Waals surface area contributed by atoms with E-state index < -0.39 is 6.10 Å². The molecule has 9 nitrogen and oxygen atoms in total. The topological polar surface area (TPSA) is 108 Å². The monoisotopic (exact) mass is 533 g/mol. The second-order valence-electron chi connectivity index (χ2n) is 9.94. The van der Waals surface area contributed by atoms with Crippen LogP contribution in [0.5, 0.6) is 0 Å². The molecule has 196 valence electrons. The Morgan fingerprint density at radius 2 is 2.00 bits per heavy atom. The number of aromatic nitrogens is 2. The van der Waals surface area contributed by atoms with Crippen LogP contribution in [-0.2, 0) is 29.0 Å². The van der Waals surface area contributed by atoms with Gasteiger partial charge in [-0.25, -0.2) is 9.97 Å². The number of aliphatic hydroxyl groups is 1. The Balaban J connectivity index is 1.16. The van der Waals surface area contributed by atoms with Crippen molar-refractivity contribution in [3.05, 3.63) is 75.9 Å². The van der Waals surface area contributed by atoms with Crippen LogP contribution in [0.1, 0.15) is 33.5 Å². The maximum absolute atomic E-state index is 13.3. The third-order valence-corrected chi connectivity index (χ3v) is 7.73. The van der Waals surface area contributed by atoms with Gasteiger partial charge in [0.1, 0.15) is 6.54 Å². The van der Waals surface area contributed by atoms with Crippen LogP contribution in [0.2, 0.25) is 5.02 Å². The van der Waals surface area contributed by atoms with Crippen molar-refractivity contribution in [2.45, 2.75) is 38.1 Å². The number of fused-ring (bicyclic) bond motifs is 2. The molecule has 0 aliphatic carbocycles. The van der Waals surface area contributed by atoms with Gasteiger partial charge in [0.15, 0.2) is 0 Å². The number of carbonyl (C=O) groups excluding carboxylic acids is 2. The van der Waals surface area contributed by atoms with Gasteiger partial charge in [0.2, 0.25) is 11.9 Å². The summed E-state index contributed by atoms with van der Waals surface area (Å²) < 4.78 is 5.28. The van der Waals surface area contributed by atoms with Gasteiger partial charge in [-0.3, -0.25) is 9.59 Å². The van der Waals surface area contributed by atoms with Crippen molar-refractivity contribution < 1.29 is 19.4 Å². The molecule has 4 heterocycles. The van der Waals surface area contributed by atoms with Crippen molar-refractivity contribution in [2.75, 3.05) is 31.6 Å². The van der Waals surface area contributed by atoms with Crippen LogP contribution in [0.4, 0.5) is 5.95 Å². The van der Waals surface area contributed by atoms with Crippen molar-refractivity contribution in [1.29, 1.82) is 0 Å². The number of benzene rings is 2. The standard InChI is InChI=1S/C28H28ClN5O4/c29-22-12-30-28(31-23-8-10-38-16-24(23)35)32-26(22)18-5-6-20-14-34(27(37)21(20)11-18)15-25(36)33-9-7-17-3-1-2-4-19(17)13-33/h1-6,11-12,23-24,35H,7-10,13-16H2,(H,30,31,32)/t23-,24+/m0/s1. The van der Waals surface area contributed by atoms with E-state index in [1.165, 1.54) is 11.8 Å². The van der Waals surface area contributed by atoms with Crippen LogP contribution >= 0.6 is 11.6 Å². The molecule has 2 aromatic carbocycles. The molecule has 0 saturated carbocycles. The second-order valence-corrected chi connectivity index (χ2v) is 10.3. The fourth-order valence-corrected chi connectivity index (χ4v) is 5.50. The van der Waals surface area contributed by atoms with Gasteiger partial charge in [-0.1, -0.05) is 48.0 Å². The minimum atomic E-state index is -0.655. The number of aliphatic hydroxyl groups excluding tert-OH is 1. The molecular formula is C28H28ClN5O4. The van der Waals surface area contributed by atoms with E-state index in [4.69, 9.17) is 16.3 Å². The van der Waals surface area contributed by atoms with Gasteiger partial charge in [0, 0.05) is 37.4 Å². The molecule has 0 radical (unpaired) electrons. The normalized spacial score (nSPS) is 20.7. The van der Waals surface area contributed by atoms with Gasteiger partial charge in [-0.05, 0) is 35.6 Å². The first-order valence-electron chi connectivity index (χ1n) is 12.8. The number of amides is 2. The molecule has 10 heteroatoms. The molecule has 38 heavy (non-hydrogen) atoms. The molecule has 0 spiro atoms. The number of carbonyl (C=O) groups is 2. The Morgan fingerprint density at radius 1 is 1.16 bits per heavy atom. The van der Waals surface area contributed by atoms with Crippen molar-refractivity contribution >= 4 is 29.4 Å². The molecule has 6 rings (SSSR count). The lowest BCUT2D eigenvalue weighted by atomic mass is 10.00. The number of hydrogen-bond donors (Lipinski definition) is 2. The zero-order valence-corrected chi connectivity index (χ0v) is 21.5. The molecule has 3 aliphatic rings. The van der Waals surface area contributed by atoms with Crippen molar-refractivity contribution in [1.82, 2.24) is 19.8 Å². The second kappa shape index (κ2) is 10.3. The summed E-state index contributed by atoms with van der Waals surface area (Å²) in [5.74, 6) is 0.115. The Bertz CT molecular complexity index is 1400. The Morgan fingerprint density at radius 3 is 2.84 bits per heavy atom. The average molecular weight is 534 g/mol. The highest BCUT2D eigenvalue weighted by Crippen LogP contribution is 2.32. The van der Waals surface area contributed by atoms with Crippen LogP contribution in [-0.4, -0.2) is 75.1 Å². The average Bonchev–Trinajstić information content (AvgIpc) is 3.24. The molecule has 0 unspecified atom stereocenters. The minimum Gasteiger partial charge on any atom is -0.389 e. The summed E-state index contributed by atoms with van der Waals surface area (Å²) in [5.41, 5.74) is 5.02. The maximum Gasteiger partial charge on any atom is 0.254 e. The molecule has 0 bridgehead atoms. The van der Waals surface area contributed by atoms with E-state index in [9.17, 15) is 14.7 Å². The molecule has 2 amide bonds. The predicted octanol–water partition coefficient (Wildman–Crippen LogP) is 2.90. The Labute approximate surface area is 225 Å². The van der Waals surface area contributed by atoms with E-state index in [2.05, 4.69) is 27.4 Å². The van der Waals surface area contributed by atoms with Gasteiger partial charge in [-0.2, -0.15) is 0 Å². The number of hydrogen-bond acceptors (Lipinski definition) is 7. The third-order valence-electron chi connectivity index (χ3n) is 7.46.